The number of para-hydroxylation sites is 2. The Bertz CT molecular complexity index is 1130. The van der Waals surface area contributed by atoms with E-state index in [2.05, 4.69) is 5.32 Å². The second-order valence-electron chi connectivity index (χ2n) is 6.30. The number of aromatic nitrogens is 1. The lowest BCUT2D eigenvalue weighted by Crippen LogP contribution is -2.18. The predicted molar refractivity (Wildman–Crippen MR) is 111 cm³/mol. The average Bonchev–Trinajstić information content (AvgIpc) is 3.26. The van der Waals surface area contributed by atoms with Crippen molar-refractivity contribution in [3.05, 3.63) is 83.1 Å². The van der Waals surface area contributed by atoms with Crippen LogP contribution in [0, 0.1) is 5.82 Å². The molecule has 1 N–H and O–H groups in total. The molecule has 2 heterocycles. The van der Waals surface area contributed by atoms with Gasteiger partial charge in [0.1, 0.15) is 17.3 Å². The molecule has 28 heavy (non-hydrogen) atoms. The third-order valence-electron chi connectivity index (χ3n) is 4.42. The lowest BCUT2D eigenvalue weighted by molar-refractivity contribution is 0.101. The highest BCUT2D eigenvalue weighted by Gasteiger charge is 2.18. The van der Waals surface area contributed by atoms with Gasteiger partial charge in [-0.05, 0) is 54.3 Å². The summed E-state index contributed by atoms with van der Waals surface area (Å²) in [6.45, 7) is 2.82. The summed E-state index contributed by atoms with van der Waals surface area (Å²) in [6.07, 6.45) is 0. The fraction of sp³-hybridized carbons (Fsp3) is 0.136. The molecule has 0 saturated carbocycles. The number of halogens is 1. The van der Waals surface area contributed by atoms with Crippen LogP contribution in [0.2, 0.25) is 0 Å². The second-order valence-corrected chi connectivity index (χ2v) is 7.25. The molecule has 0 unspecified atom stereocenters. The van der Waals surface area contributed by atoms with Crippen LogP contribution >= 0.6 is 11.3 Å². The van der Waals surface area contributed by atoms with Crippen molar-refractivity contribution in [1.82, 2.24) is 4.57 Å². The van der Waals surface area contributed by atoms with E-state index in [0.29, 0.717) is 30.3 Å². The summed E-state index contributed by atoms with van der Waals surface area (Å²) in [4.78, 5) is 13.1. The van der Waals surface area contributed by atoms with Crippen molar-refractivity contribution < 1.29 is 13.9 Å². The van der Waals surface area contributed by atoms with Crippen LogP contribution in [-0.2, 0) is 6.54 Å². The van der Waals surface area contributed by atoms with Crippen LogP contribution in [0.3, 0.4) is 0 Å². The lowest BCUT2D eigenvalue weighted by Gasteiger charge is -2.13. The third-order valence-corrected chi connectivity index (χ3v) is 5.27. The summed E-state index contributed by atoms with van der Waals surface area (Å²) in [6, 6.07) is 17.6. The van der Waals surface area contributed by atoms with Crippen molar-refractivity contribution in [2.75, 3.05) is 11.9 Å². The highest BCUT2D eigenvalue weighted by atomic mass is 32.1. The number of benzene rings is 2. The molecule has 0 saturated heterocycles. The van der Waals surface area contributed by atoms with Gasteiger partial charge in [-0.1, -0.05) is 24.3 Å². The van der Waals surface area contributed by atoms with Crippen LogP contribution in [0.1, 0.15) is 23.0 Å². The first-order chi connectivity index (χ1) is 13.7. The van der Waals surface area contributed by atoms with Gasteiger partial charge in [-0.3, -0.25) is 4.79 Å². The quantitative estimate of drug-likeness (QED) is 0.466. The van der Waals surface area contributed by atoms with Gasteiger partial charge in [0.25, 0.3) is 5.91 Å². The number of hydrogen-bond acceptors (Lipinski definition) is 3. The van der Waals surface area contributed by atoms with E-state index in [0.717, 1.165) is 15.8 Å². The molecule has 0 aliphatic carbocycles. The summed E-state index contributed by atoms with van der Waals surface area (Å²) in [5.74, 6) is 0.109. The molecule has 1 amide bonds. The Balaban J connectivity index is 1.69. The normalized spacial score (nSPS) is 10.9. The Morgan fingerprint density at radius 3 is 2.82 bits per heavy atom. The van der Waals surface area contributed by atoms with Crippen LogP contribution in [0.25, 0.3) is 10.2 Å². The zero-order valence-electron chi connectivity index (χ0n) is 15.3. The minimum Gasteiger partial charge on any atom is -0.492 e. The maximum atomic E-state index is 13.6. The van der Waals surface area contributed by atoms with Crippen LogP contribution < -0.4 is 10.1 Å². The largest absolute Gasteiger partial charge is 0.492 e. The fourth-order valence-corrected chi connectivity index (χ4v) is 4.01. The average molecular weight is 394 g/mol. The van der Waals surface area contributed by atoms with Gasteiger partial charge in [-0.25, -0.2) is 4.39 Å². The van der Waals surface area contributed by atoms with Crippen molar-refractivity contribution in [2.45, 2.75) is 13.5 Å². The van der Waals surface area contributed by atoms with Crippen LogP contribution in [0.5, 0.6) is 5.75 Å². The first kappa shape index (κ1) is 18.3. The topological polar surface area (TPSA) is 43.3 Å². The summed E-state index contributed by atoms with van der Waals surface area (Å²) < 4.78 is 22.1. The van der Waals surface area contributed by atoms with Gasteiger partial charge in [0, 0.05) is 6.54 Å². The first-order valence-electron chi connectivity index (χ1n) is 9.00. The van der Waals surface area contributed by atoms with E-state index in [9.17, 15) is 9.18 Å². The number of nitrogens with zero attached hydrogens (tertiary/aromatic N) is 1. The van der Waals surface area contributed by atoms with Gasteiger partial charge in [0.05, 0.1) is 22.5 Å². The molecule has 142 valence electrons. The van der Waals surface area contributed by atoms with E-state index in [1.807, 2.05) is 59.3 Å². The molecule has 0 radical (unpaired) electrons. The van der Waals surface area contributed by atoms with E-state index in [1.165, 1.54) is 12.1 Å². The van der Waals surface area contributed by atoms with Crippen molar-refractivity contribution in [3.63, 3.8) is 0 Å². The van der Waals surface area contributed by atoms with E-state index >= 15 is 0 Å². The van der Waals surface area contributed by atoms with E-state index < -0.39 is 0 Å². The Labute approximate surface area is 166 Å². The number of amides is 1. The Morgan fingerprint density at radius 1 is 1.14 bits per heavy atom. The predicted octanol–water partition coefficient (Wildman–Crippen LogP) is 5.54. The molecule has 4 aromatic rings. The number of carbonyl (C=O) groups is 1. The van der Waals surface area contributed by atoms with Gasteiger partial charge < -0.3 is 14.6 Å². The second kappa shape index (κ2) is 7.86. The number of thiophene rings is 1. The fourth-order valence-electron chi connectivity index (χ4n) is 3.19. The molecular formula is C22H19FN2O2S. The Kier molecular flexibility index (Phi) is 5.12. The first-order valence-corrected chi connectivity index (χ1v) is 9.88. The highest BCUT2D eigenvalue weighted by Crippen LogP contribution is 2.29. The number of nitrogens with one attached hydrogen (secondary N) is 1. The van der Waals surface area contributed by atoms with Gasteiger partial charge in [0.15, 0.2) is 0 Å². The van der Waals surface area contributed by atoms with E-state index in [4.69, 9.17) is 4.74 Å². The van der Waals surface area contributed by atoms with Crippen molar-refractivity contribution in [3.8, 4) is 5.75 Å². The molecule has 2 aromatic heterocycles. The molecular weight excluding hydrogens is 375 g/mol. The summed E-state index contributed by atoms with van der Waals surface area (Å²) in [7, 11) is 0. The van der Waals surface area contributed by atoms with E-state index in [1.54, 1.807) is 17.4 Å². The van der Waals surface area contributed by atoms with Crippen molar-refractivity contribution in [1.29, 1.82) is 0 Å². The zero-order chi connectivity index (χ0) is 19.5. The summed E-state index contributed by atoms with van der Waals surface area (Å²) in [5, 5.41) is 4.93. The minimum atomic E-state index is -0.289. The summed E-state index contributed by atoms with van der Waals surface area (Å²) >= 11 is 1.57. The maximum absolute atomic E-state index is 13.6. The van der Waals surface area contributed by atoms with Gasteiger partial charge in [-0.2, -0.15) is 0 Å². The molecule has 0 aliphatic rings. The molecule has 4 nitrogen and oxygen atoms in total. The maximum Gasteiger partial charge on any atom is 0.272 e. The smallest absolute Gasteiger partial charge is 0.272 e. The molecule has 0 atom stereocenters. The van der Waals surface area contributed by atoms with Crippen LogP contribution in [-0.4, -0.2) is 17.1 Å². The number of hydrogen-bond donors (Lipinski definition) is 1. The molecule has 0 bridgehead atoms. The zero-order valence-corrected chi connectivity index (χ0v) is 16.1. The van der Waals surface area contributed by atoms with Gasteiger partial charge >= 0.3 is 0 Å². The molecule has 4 rings (SSSR count). The van der Waals surface area contributed by atoms with Crippen molar-refractivity contribution >= 4 is 33.1 Å². The monoisotopic (exact) mass is 394 g/mol. The molecule has 6 heteroatoms. The van der Waals surface area contributed by atoms with Gasteiger partial charge in [0.2, 0.25) is 0 Å². The standard InChI is InChI=1S/C22H19FN2O2S/c1-2-27-20-9-4-3-8-17(20)24-22(26)19-13-21-18(10-11-28-21)25(19)14-15-6-5-7-16(23)12-15/h3-13H,2,14H2,1H3,(H,24,26). The number of rotatable bonds is 6. The number of ether oxygens (including phenoxy) is 1. The molecule has 0 spiro atoms. The van der Waals surface area contributed by atoms with Crippen LogP contribution in [0.15, 0.2) is 66.0 Å². The SMILES string of the molecule is CCOc1ccccc1NC(=O)c1cc2sccc2n1Cc1cccc(F)c1. The third kappa shape index (κ3) is 3.64. The van der Waals surface area contributed by atoms with E-state index in [-0.39, 0.29) is 11.7 Å². The Hall–Kier alpha value is -3.12. The minimum absolute atomic E-state index is 0.230. The van der Waals surface area contributed by atoms with Crippen LogP contribution in [0.4, 0.5) is 10.1 Å². The molecule has 0 fully saturated rings. The Morgan fingerprint density at radius 2 is 2.00 bits per heavy atom. The summed E-state index contributed by atoms with van der Waals surface area (Å²) in [5.41, 5.74) is 2.90. The van der Waals surface area contributed by atoms with Crippen molar-refractivity contribution in [2.24, 2.45) is 0 Å². The molecule has 0 aliphatic heterocycles. The number of anilines is 1. The highest BCUT2D eigenvalue weighted by molar-refractivity contribution is 7.17. The number of fused-ring (bicyclic) bond motifs is 1. The lowest BCUT2D eigenvalue weighted by atomic mass is 10.2. The number of carbonyl (C=O) groups excluding carboxylic acids is 1. The molecule has 2 aromatic carbocycles. The van der Waals surface area contributed by atoms with Gasteiger partial charge in [-0.15, -0.1) is 11.3 Å².